The van der Waals surface area contributed by atoms with Gasteiger partial charge in [-0.1, -0.05) is 36.9 Å². The zero-order chi connectivity index (χ0) is 19.2. The molecule has 2 heterocycles. The molecule has 0 saturated carbocycles. The molecular weight excluding hydrogens is 387 g/mol. The van der Waals surface area contributed by atoms with Crippen LogP contribution in [0.4, 0.5) is 4.39 Å². The van der Waals surface area contributed by atoms with Gasteiger partial charge in [0.25, 0.3) is 0 Å². The lowest BCUT2D eigenvalue weighted by Crippen LogP contribution is -2.30. The number of aromatic nitrogens is 3. The van der Waals surface area contributed by atoms with Crippen molar-refractivity contribution in [1.29, 1.82) is 0 Å². The number of halogens is 1. The van der Waals surface area contributed by atoms with Gasteiger partial charge in [-0.05, 0) is 35.6 Å². The van der Waals surface area contributed by atoms with Gasteiger partial charge in [0, 0.05) is 11.4 Å². The smallest absolute Gasteiger partial charge is 0.343 e. The highest BCUT2D eigenvalue weighted by atomic mass is 32.2. The average Bonchev–Trinajstić information content (AvgIpc) is 3.30. The highest BCUT2D eigenvalue weighted by molar-refractivity contribution is 7.99. The Labute approximate surface area is 163 Å². The molecule has 0 fully saturated rings. The van der Waals surface area contributed by atoms with Gasteiger partial charge < -0.3 is 5.32 Å². The summed E-state index contributed by atoms with van der Waals surface area (Å²) in [5.74, 6) is -0.393. The molecule has 2 N–H and O–H groups in total. The molecule has 1 amide bonds. The maximum absolute atomic E-state index is 13.2. The van der Waals surface area contributed by atoms with Gasteiger partial charge in [0.1, 0.15) is 5.82 Å². The van der Waals surface area contributed by atoms with Crippen molar-refractivity contribution in [2.75, 3.05) is 5.75 Å². The number of H-pyrrole nitrogens is 1. The first-order valence-electron chi connectivity index (χ1n) is 8.44. The molecule has 3 rings (SSSR count). The summed E-state index contributed by atoms with van der Waals surface area (Å²) >= 11 is 2.73. The summed E-state index contributed by atoms with van der Waals surface area (Å²) in [5, 5.41) is 11.8. The van der Waals surface area contributed by atoms with Gasteiger partial charge in [0.2, 0.25) is 5.91 Å². The van der Waals surface area contributed by atoms with Crippen LogP contribution in [0.5, 0.6) is 0 Å². The van der Waals surface area contributed by atoms with Crippen molar-refractivity contribution in [1.82, 2.24) is 20.1 Å². The van der Waals surface area contributed by atoms with Crippen LogP contribution in [0.15, 0.2) is 51.7 Å². The van der Waals surface area contributed by atoms with Crippen LogP contribution in [0.3, 0.4) is 0 Å². The van der Waals surface area contributed by atoms with Crippen LogP contribution in [0.25, 0.3) is 0 Å². The molecule has 1 atom stereocenters. The van der Waals surface area contributed by atoms with Crippen LogP contribution >= 0.6 is 23.1 Å². The van der Waals surface area contributed by atoms with Crippen LogP contribution < -0.4 is 11.0 Å². The van der Waals surface area contributed by atoms with Crippen molar-refractivity contribution in [3.8, 4) is 0 Å². The van der Waals surface area contributed by atoms with E-state index in [-0.39, 0.29) is 29.2 Å². The minimum atomic E-state index is -0.351. The highest BCUT2D eigenvalue weighted by Gasteiger charge is 2.19. The Morgan fingerprint density at radius 2 is 2.15 bits per heavy atom. The molecule has 0 aliphatic rings. The van der Waals surface area contributed by atoms with Crippen molar-refractivity contribution in [2.24, 2.45) is 0 Å². The molecular formula is C18H19FN4O2S2. The van der Waals surface area contributed by atoms with E-state index in [1.54, 1.807) is 12.1 Å². The zero-order valence-corrected chi connectivity index (χ0v) is 16.3. The first-order valence-corrected chi connectivity index (χ1v) is 10.3. The minimum absolute atomic E-state index is 0.122. The minimum Gasteiger partial charge on any atom is -0.344 e. The third kappa shape index (κ3) is 4.86. The molecule has 3 aromatic rings. The molecule has 6 nitrogen and oxygen atoms in total. The van der Waals surface area contributed by atoms with E-state index in [1.807, 2.05) is 24.4 Å². The number of carbonyl (C=O) groups excluding carboxylic acids is 1. The van der Waals surface area contributed by atoms with E-state index in [0.717, 1.165) is 16.9 Å². The fourth-order valence-corrected chi connectivity index (χ4v) is 4.18. The molecule has 0 aliphatic heterocycles. The van der Waals surface area contributed by atoms with Crippen molar-refractivity contribution in [3.63, 3.8) is 0 Å². The molecule has 142 valence electrons. The Morgan fingerprint density at radius 1 is 1.37 bits per heavy atom. The maximum atomic E-state index is 13.2. The third-order valence-corrected chi connectivity index (χ3v) is 5.75. The number of hydrogen-bond acceptors (Lipinski definition) is 5. The SMILES string of the molecule is CCCn1c(SCC(=O)N[C@@H](c2ccc(F)cc2)c2cccs2)n[nH]c1=O. The second-order valence-electron chi connectivity index (χ2n) is 5.82. The molecule has 0 radical (unpaired) electrons. The molecule has 0 spiro atoms. The molecule has 27 heavy (non-hydrogen) atoms. The van der Waals surface area contributed by atoms with Crippen LogP contribution in [-0.2, 0) is 11.3 Å². The first-order chi connectivity index (χ1) is 13.1. The number of carbonyl (C=O) groups is 1. The lowest BCUT2D eigenvalue weighted by atomic mass is 10.1. The predicted molar refractivity (Wildman–Crippen MR) is 105 cm³/mol. The lowest BCUT2D eigenvalue weighted by molar-refractivity contribution is -0.119. The number of aromatic amines is 1. The van der Waals surface area contributed by atoms with E-state index >= 15 is 0 Å². The zero-order valence-electron chi connectivity index (χ0n) is 14.6. The number of thioether (sulfide) groups is 1. The van der Waals surface area contributed by atoms with Gasteiger partial charge in [0.05, 0.1) is 11.8 Å². The van der Waals surface area contributed by atoms with E-state index < -0.39 is 0 Å². The van der Waals surface area contributed by atoms with Gasteiger partial charge in [0.15, 0.2) is 5.16 Å². The van der Waals surface area contributed by atoms with Gasteiger partial charge in [-0.3, -0.25) is 9.36 Å². The summed E-state index contributed by atoms with van der Waals surface area (Å²) in [7, 11) is 0. The molecule has 9 heteroatoms. The molecule has 0 bridgehead atoms. The largest absolute Gasteiger partial charge is 0.344 e. The van der Waals surface area contributed by atoms with Crippen molar-refractivity contribution in [2.45, 2.75) is 31.1 Å². The molecule has 1 aromatic carbocycles. The number of nitrogens with one attached hydrogen (secondary N) is 2. The highest BCUT2D eigenvalue weighted by Crippen LogP contribution is 2.26. The van der Waals surface area contributed by atoms with Gasteiger partial charge in [-0.25, -0.2) is 14.3 Å². The summed E-state index contributed by atoms with van der Waals surface area (Å²) in [6.45, 7) is 2.52. The van der Waals surface area contributed by atoms with Gasteiger partial charge >= 0.3 is 5.69 Å². The Balaban J connectivity index is 1.70. The van der Waals surface area contributed by atoms with Gasteiger partial charge in [-0.15, -0.1) is 16.4 Å². The molecule has 0 unspecified atom stereocenters. The van der Waals surface area contributed by atoms with E-state index in [4.69, 9.17) is 0 Å². The summed E-state index contributed by atoms with van der Waals surface area (Å²) < 4.78 is 14.8. The molecule has 0 saturated heterocycles. The average molecular weight is 407 g/mol. The maximum Gasteiger partial charge on any atom is 0.343 e. The number of rotatable bonds is 8. The van der Waals surface area contributed by atoms with E-state index in [1.165, 1.54) is 39.8 Å². The topological polar surface area (TPSA) is 79.8 Å². The lowest BCUT2D eigenvalue weighted by Gasteiger charge is -2.18. The van der Waals surface area contributed by atoms with E-state index in [9.17, 15) is 14.0 Å². The second kappa shape index (κ2) is 9.01. The summed E-state index contributed by atoms with van der Waals surface area (Å²) in [4.78, 5) is 25.2. The van der Waals surface area contributed by atoms with Crippen molar-refractivity contribution < 1.29 is 9.18 Å². The van der Waals surface area contributed by atoms with E-state index in [2.05, 4.69) is 15.5 Å². The van der Waals surface area contributed by atoms with Crippen molar-refractivity contribution >= 4 is 29.0 Å². The Kier molecular flexibility index (Phi) is 6.46. The Bertz CT molecular complexity index is 935. The monoisotopic (exact) mass is 406 g/mol. The molecule has 2 aromatic heterocycles. The van der Waals surface area contributed by atoms with Gasteiger partial charge in [-0.2, -0.15) is 0 Å². The van der Waals surface area contributed by atoms with Crippen LogP contribution in [0, 0.1) is 5.82 Å². The predicted octanol–water partition coefficient (Wildman–Crippen LogP) is 3.18. The van der Waals surface area contributed by atoms with Crippen LogP contribution in [-0.4, -0.2) is 26.4 Å². The first kappa shape index (κ1) is 19.4. The fourth-order valence-electron chi connectivity index (χ4n) is 2.60. The normalized spacial score (nSPS) is 12.1. The van der Waals surface area contributed by atoms with Crippen LogP contribution in [0.1, 0.15) is 29.8 Å². The number of nitrogens with zero attached hydrogens (tertiary/aromatic N) is 2. The fraction of sp³-hybridized carbons (Fsp3) is 0.278. The number of amides is 1. The summed E-state index contributed by atoms with van der Waals surface area (Å²) in [6, 6.07) is 9.58. The third-order valence-electron chi connectivity index (χ3n) is 3.84. The molecule has 0 aliphatic carbocycles. The van der Waals surface area contributed by atoms with Crippen LogP contribution in [0.2, 0.25) is 0 Å². The van der Waals surface area contributed by atoms with Crippen molar-refractivity contribution in [3.05, 3.63) is 68.5 Å². The summed E-state index contributed by atoms with van der Waals surface area (Å²) in [6.07, 6.45) is 0.796. The number of benzene rings is 1. The standard InChI is InChI=1S/C18H19FN4O2S2/c1-2-9-23-17(25)21-22-18(23)27-11-15(24)20-16(14-4-3-10-26-14)12-5-7-13(19)8-6-12/h3-8,10,16H,2,9,11H2,1H3,(H,20,24)(H,21,25)/t16-/m0/s1. The Morgan fingerprint density at radius 3 is 2.81 bits per heavy atom. The second-order valence-corrected chi connectivity index (χ2v) is 7.74. The van der Waals surface area contributed by atoms with E-state index in [0.29, 0.717) is 11.7 Å². The number of hydrogen-bond donors (Lipinski definition) is 2. The quantitative estimate of drug-likeness (QED) is 0.563. The Hall–Kier alpha value is -2.39. The summed E-state index contributed by atoms with van der Waals surface area (Å²) in [5.41, 5.74) is 0.530. The number of thiophene rings is 1.